The van der Waals surface area contributed by atoms with Gasteiger partial charge >= 0.3 is 5.97 Å². The number of esters is 1. The summed E-state index contributed by atoms with van der Waals surface area (Å²) in [5.74, 6) is -1.11. The van der Waals surface area contributed by atoms with Gasteiger partial charge in [0, 0.05) is 84.7 Å². The van der Waals surface area contributed by atoms with E-state index in [0.29, 0.717) is 58.6 Å². The minimum Gasteiger partial charge on any atom is -0.463 e. The number of anilines is 2. The summed E-state index contributed by atoms with van der Waals surface area (Å²) >= 11 is 0. The predicted molar refractivity (Wildman–Crippen MR) is 270 cm³/mol. The smallest absolute Gasteiger partial charge is 0.374 e. The Labute approximate surface area is 411 Å². The first-order valence-electron chi connectivity index (χ1n) is 22.2. The van der Waals surface area contributed by atoms with E-state index in [4.69, 9.17) is 25.9 Å². The highest BCUT2D eigenvalue weighted by Crippen LogP contribution is 2.33. The van der Waals surface area contributed by atoms with E-state index in [1.54, 1.807) is 46.0 Å². The van der Waals surface area contributed by atoms with Gasteiger partial charge in [0.2, 0.25) is 11.6 Å². The van der Waals surface area contributed by atoms with Gasteiger partial charge in [-0.15, -0.1) is 10.2 Å². The Morgan fingerprint density at radius 2 is 1.00 bits per heavy atom. The zero-order valence-corrected chi connectivity index (χ0v) is 38.8. The average Bonchev–Trinajstić information content (AvgIpc) is 4.06. The van der Waals surface area contributed by atoms with Crippen molar-refractivity contribution in [2.75, 3.05) is 17.7 Å². The van der Waals surface area contributed by atoms with Gasteiger partial charge in [0.15, 0.2) is 23.3 Å². The number of fused-ring (bicyclic) bond motifs is 2. The van der Waals surface area contributed by atoms with Gasteiger partial charge in [-0.25, -0.2) is 23.8 Å². The van der Waals surface area contributed by atoms with Crippen LogP contribution < -0.4 is 22.5 Å². The van der Waals surface area contributed by atoms with E-state index in [1.165, 1.54) is 19.5 Å². The van der Waals surface area contributed by atoms with Crippen molar-refractivity contribution in [1.29, 1.82) is 0 Å². The number of ketones is 2. The number of Topliss-reactive ketones (excluding diaryl/α,β-unsaturated/α-hetero) is 2. The largest absolute Gasteiger partial charge is 0.463 e. The quantitative estimate of drug-likeness (QED) is 0.0562. The molecule has 358 valence electrons. The summed E-state index contributed by atoms with van der Waals surface area (Å²) in [4.78, 5) is 73.4. The van der Waals surface area contributed by atoms with Crippen molar-refractivity contribution in [3.63, 3.8) is 0 Å². The Hall–Kier alpha value is -9.88. The molecule has 19 heteroatoms. The van der Waals surface area contributed by atoms with E-state index in [-0.39, 0.29) is 19.0 Å². The lowest BCUT2D eigenvalue weighted by Gasteiger charge is -2.12. The van der Waals surface area contributed by atoms with Crippen LogP contribution in [0.1, 0.15) is 22.5 Å². The monoisotopic (exact) mass is 958 g/mol. The molecule has 0 unspecified atom stereocenters. The lowest BCUT2D eigenvalue weighted by molar-refractivity contribution is -0.151. The van der Waals surface area contributed by atoms with E-state index < -0.39 is 23.4 Å². The molecule has 8 aromatic heterocycles. The Morgan fingerprint density at radius 3 is 1.42 bits per heavy atom. The Kier molecular flexibility index (Phi) is 15.2. The second-order valence-electron chi connectivity index (χ2n) is 15.9. The van der Waals surface area contributed by atoms with Crippen molar-refractivity contribution in [3.05, 3.63) is 193 Å². The molecule has 0 fully saturated rings. The molecule has 72 heavy (non-hydrogen) atoms. The van der Waals surface area contributed by atoms with Crippen LogP contribution in [0, 0.1) is 0 Å². The number of nitrogens with two attached hydrogens (primary N) is 1. The van der Waals surface area contributed by atoms with E-state index in [1.807, 2.05) is 122 Å². The number of hydrogen-bond acceptors (Lipinski definition) is 16. The standard InChI is InChI=1S/C27H22N6O3.C26H21N7O2.H3N/c1-36-27(35)23(34)14-18-13-20(16-28-15-18)25-31-26(30-17-21-9-5-6-11-29-21)24-22(10-12-33(24)32-25)19-7-3-2-4-8-19;27-24(35)22(34)13-17-12-19(15-28-14-17)25-31-26(30-16-20-8-4-5-10-29-20)23-21(9-11-33(23)32-25)18-6-2-1-3-7-18;/h2-13,15-16H,14,17H2,1H3,(H,30,31,32);1-12,14-15H,13,16H2,(H2,27,35)(H,30,31,32);1H3. The molecule has 0 saturated carbocycles. The molecule has 0 spiro atoms. The number of amides is 1. The number of primary amides is 1. The highest BCUT2D eigenvalue weighted by atomic mass is 16.5. The molecule has 0 radical (unpaired) electrons. The lowest BCUT2D eigenvalue weighted by Crippen LogP contribution is -2.24. The number of carbonyl (C=O) groups excluding carboxylic acids is 4. The van der Waals surface area contributed by atoms with Gasteiger partial charge in [0.05, 0.1) is 31.6 Å². The van der Waals surface area contributed by atoms with Crippen LogP contribution in [0.5, 0.6) is 0 Å². The Balaban J connectivity index is 0.000000190. The molecule has 0 aliphatic heterocycles. The van der Waals surface area contributed by atoms with E-state index in [2.05, 4.69) is 35.3 Å². The summed E-state index contributed by atoms with van der Waals surface area (Å²) in [6.07, 6.45) is 13.3. The molecule has 0 bridgehead atoms. The van der Waals surface area contributed by atoms with E-state index >= 15 is 0 Å². The normalized spacial score (nSPS) is 10.7. The molecule has 10 aromatic rings. The van der Waals surface area contributed by atoms with Gasteiger partial charge in [-0.3, -0.25) is 34.3 Å². The number of ether oxygens (including phenoxy) is 1. The molecule has 10 rings (SSSR count). The number of methoxy groups -OCH3 is 1. The van der Waals surface area contributed by atoms with Crippen molar-refractivity contribution in [2.24, 2.45) is 5.73 Å². The summed E-state index contributed by atoms with van der Waals surface area (Å²) in [6.45, 7) is 0.941. The van der Waals surface area contributed by atoms with Crippen molar-refractivity contribution >= 4 is 46.1 Å². The Bertz CT molecular complexity index is 3520. The molecular weight excluding hydrogens is 913 g/mol. The third-order valence-corrected chi connectivity index (χ3v) is 11.0. The maximum absolute atomic E-state index is 12.0. The van der Waals surface area contributed by atoms with Gasteiger partial charge in [-0.2, -0.15) is 0 Å². The first-order valence-corrected chi connectivity index (χ1v) is 22.2. The first kappa shape index (κ1) is 48.6. The number of hydrogen-bond donors (Lipinski definition) is 4. The van der Waals surface area contributed by atoms with Crippen LogP contribution in [0.4, 0.5) is 11.6 Å². The molecule has 0 saturated heterocycles. The minimum absolute atomic E-state index is 0. The zero-order valence-electron chi connectivity index (χ0n) is 38.8. The summed E-state index contributed by atoms with van der Waals surface area (Å²) in [6, 6.07) is 39.0. The molecule has 0 aliphatic carbocycles. The molecule has 0 aliphatic rings. The van der Waals surface area contributed by atoms with Crippen LogP contribution in [0.15, 0.2) is 171 Å². The minimum atomic E-state index is -0.977. The first-order chi connectivity index (χ1) is 34.7. The van der Waals surface area contributed by atoms with Crippen LogP contribution in [0.3, 0.4) is 0 Å². The summed E-state index contributed by atoms with van der Waals surface area (Å²) < 4.78 is 8.06. The van der Waals surface area contributed by atoms with Crippen LogP contribution in [0.2, 0.25) is 0 Å². The fourth-order valence-corrected chi connectivity index (χ4v) is 7.65. The molecule has 8 heterocycles. The zero-order chi connectivity index (χ0) is 49.1. The lowest BCUT2D eigenvalue weighted by atomic mass is 10.1. The molecule has 0 atom stereocenters. The maximum Gasteiger partial charge on any atom is 0.374 e. The average molecular weight is 959 g/mol. The fourth-order valence-electron chi connectivity index (χ4n) is 7.65. The number of carbonyl (C=O) groups is 4. The highest BCUT2D eigenvalue weighted by molar-refractivity contribution is 6.36. The maximum atomic E-state index is 12.0. The number of nitrogens with one attached hydrogen (secondary N) is 2. The van der Waals surface area contributed by atoms with Gasteiger partial charge < -0.3 is 27.3 Å². The van der Waals surface area contributed by atoms with Crippen LogP contribution in [-0.4, -0.2) is 79.7 Å². The molecular formula is C53H46N14O5. The molecule has 2 aromatic carbocycles. The van der Waals surface area contributed by atoms with E-state index in [9.17, 15) is 19.2 Å². The van der Waals surface area contributed by atoms with Crippen molar-refractivity contribution in [1.82, 2.24) is 55.3 Å². The van der Waals surface area contributed by atoms with Crippen molar-refractivity contribution < 1.29 is 23.9 Å². The predicted octanol–water partition coefficient (Wildman–Crippen LogP) is 6.97. The second-order valence-corrected chi connectivity index (χ2v) is 15.9. The summed E-state index contributed by atoms with van der Waals surface area (Å²) in [5, 5.41) is 16.2. The SMILES string of the molecule is COC(=O)C(=O)Cc1cncc(-c2nc(NCc3ccccn3)c3c(-c4ccccc4)ccn3n2)c1.N.NC(=O)C(=O)Cc1cncc(-c2nc(NCc3ccccn3)c3c(-c4ccccc4)ccn3n2)c1. The van der Waals surface area contributed by atoms with Gasteiger partial charge in [0.25, 0.3) is 5.91 Å². The highest BCUT2D eigenvalue weighted by Gasteiger charge is 2.20. The van der Waals surface area contributed by atoms with Crippen LogP contribution in [-0.2, 0) is 49.8 Å². The Morgan fingerprint density at radius 1 is 0.556 bits per heavy atom. The molecule has 1 amide bonds. The number of rotatable bonds is 16. The summed E-state index contributed by atoms with van der Waals surface area (Å²) in [7, 11) is 1.18. The number of nitrogens with zero attached hydrogens (tertiary/aromatic N) is 10. The number of benzene rings is 2. The van der Waals surface area contributed by atoms with Crippen molar-refractivity contribution in [3.8, 4) is 45.0 Å². The van der Waals surface area contributed by atoms with Crippen LogP contribution in [0.25, 0.3) is 56.1 Å². The third kappa shape index (κ3) is 11.3. The van der Waals surface area contributed by atoms with Crippen molar-refractivity contribution in [2.45, 2.75) is 25.9 Å². The summed E-state index contributed by atoms with van der Waals surface area (Å²) in [5.41, 5.74) is 14.9. The van der Waals surface area contributed by atoms with Crippen LogP contribution >= 0.6 is 0 Å². The molecule has 7 N–H and O–H groups in total. The molecule has 19 nitrogen and oxygen atoms in total. The van der Waals surface area contributed by atoms with Gasteiger partial charge in [0.1, 0.15) is 11.0 Å². The topological polar surface area (TPSA) is 275 Å². The third-order valence-electron chi connectivity index (χ3n) is 11.0. The van der Waals surface area contributed by atoms with Gasteiger partial charge in [-0.05, 0) is 70.8 Å². The fraction of sp³-hybridized carbons (Fsp3) is 0.0943. The number of pyridine rings is 4. The van der Waals surface area contributed by atoms with E-state index in [0.717, 1.165) is 44.7 Å². The second kappa shape index (κ2) is 22.5. The van der Waals surface area contributed by atoms with Gasteiger partial charge in [-0.1, -0.05) is 72.8 Å². The number of aromatic nitrogens is 10.